The van der Waals surface area contributed by atoms with E-state index in [0.29, 0.717) is 28.6 Å². The third-order valence-corrected chi connectivity index (χ3v) is 5.82. The second kappa shape index (κ2) is 11.2. The molecule has 0 aliphatic carbocycles. The number of nitrogens with one attached hydrogen (secondary N) is 1. The number of aromatic nitrogens is 4. The highest BCUT2D eigenvalue weighted by atomic mass is 32.1. The van der Waals surface area contributed by atoms with Crippen LogP contribution in [-0.2, 0) is 13.1 Å². The molecule has 8 nitrogen and oxygen atoms in total. The van der Waals surface area contributed by atoms with Crippen LogP contribution in [0.5, 0.6) is 0 Å². The molecule has 0 aliphatic rings. The van der Waals surface area contributed by atoms with Gasteiger partial charge < -0.3 is 14.2 Å². The smallest absolute Gasteiger partial charge is 0.274 e. The molecule has 0 aliphatic heterocycles. The van der Waals surface area contributed by atoms with E-state index in [9.17, 15) is 14.3 Å². The van der Waals surface area contributed by atoms with Gasteiger partial charge in [-0.25, -0.2) is 9.97 Å². The highest BCUT2D eigenvalue weighted by Gasteiger charge is 2.16. The van der Waals surface area contributed by atoms with E-state index >= 15 is 0 Å². The fourth-order valence-corrected chi connectivity index (χ4v) is 3.96. The van der Waals surface area contributed by atoms with Crippen LogP contribution in [0.1, 0.15) is 41.4 Å². The Morgan fingerprint density at radius 2 is 2.14 bits per heavy atom. The lowest BCUT2D eigenvalue weighted by atomic mass is 10.1. The van der Waals surface area contributed by atoms with Crippen molar-refractivity contribution in [2.75, 3.05) is 12.4 Å². The van der Waals surface area contributed by atoms with E-state index in [4.69, 9.17) is 0 Å². The SMILES string of the molecule is C=C/C(=C\C(F)=NC)Cn1cccc1C(=O)Nc1nc(/C=C/c2ncn(CC(C)(C)O)c2C)cs1. The average molecular weight is 497 g/mol. The first-order valence-corrected chi connectivity index (χ1v) is 11.8. The number of imidazole rings is 1. The maximum absolute atomic E-state index is 13.5. The minimum atomic E-state index is -0.836. The fourth-order valence-electron chi connectivity index (χ4n) is 3.29. The molecule has 3 aromatic rings. The van der Waals surface area contributed by atoms with Gasteiger partial charge in [-0.3, -0.25) is 15.1 Å². The normalized spacial score (nSPS) is 13.0. The molecule has 0 atom stereocenters. The van der Waals surface area contributed by atoms with Gasteiger partial charge in [-0.05, 0) is 56.7 Å². The van der Waals surface area contributed by atoms with Crippen LogP contribution < -0.4 is 5.32 Å². The first kappa shape index (κ1) is 26.0. The molecule has 0 radical (unpaired) electrons. The summed E-state index contributed by atoms with van der Waals surface area (Å²) in [6.45, 7) is 9.86. The van der Waals surface area contributed by atoms with Crippen molar-refractivity contribution in [3.8, 4) is 0 Å². The maximum atomic E-state index is 13.5. The number of carbonyl (C=O) groups excluding carboxylic acids is 1. The van der Waals surface area contributed by atoms with E-state index in [1.54, 1.807) is 43.1 Å². The standard InChI is InChI=1S/C25H29FN6O2S/c1-6-18(12-22(26)27-5)13-31-11-7-8-21(31)23(33)30-24-29-19(14-35-24)9-10-20-17(2)32(16-28-20)15-25(3,4)34/h6-12,14,16,34H,1,13,15H2,2-5H3,(H,29,30,33)/b10-9+,18-12+,27-22?. The van der Waals surface area contributed by atoms with Crippen LogP contribution in [0, 0.1) is 6.92 Å². The molecule has 0 saturated heterocycles. The number of allylic oxidation sites excluding steroid dienone is 3. The van der Waals surface area contributed by atoms with Gasteiger partial charge in [-0.15, -0.1) is 11.3 Å². The molecule has 0 saturated carbocycles. The molecule has 184 valence electrons. The highest BCUT2D eigenvalue weighted by molar-refractivity contribution is 7.14. The summed E-state index contributed by atoms with van der Waals surface area (Å²) in [5.41, 5.74) is 2.56. The van der Waals surface area contributed by atoms with Crippen molar-refractivity contribution in [2.45, 2.75) is 39.5 Å². The van der Waals surface area contributed by atoms with Gasteiger partial charge in [-0.2, -0.15) is 4.39 Å². The third kappa shape index (κ3) is 7.17. The minimum absolute atomic E-state index is 0.271. The average Bonchev–Trinajstić information content (AvgIpc) is 3.52. The summed E-state index contributed by atoms with van der Waals surface area (Å²) >= 11 is 1.31. The number of hydrogen-bond donors (Lipinski definition) is 2. The molecular weight excluding hydrogens is 467 g/mol. The lowest BCUT2D eigenvalue weighted by Gasteiger charge is -2.18. The summed E-state index contributed by atoms with van der Waals surface area (Å²) in [5, 5.41) is 15.1. The Labute approximate surface area is 207 Å². The van der Waals surface area contributed by atoms with E-state index in [-0.39, 0.29) is 12.5 Å². The summed E-state index contributed by atoms with van der Waals surface area (Å²) < 4.78 is 17.1. The second-order valence-corrected chi connectivity index (χ2v) is 9.37. The number of halogens is 1. The van der Waals surface area contributed by atoms with E-state index in [0.717, 1.165) is 11.4 Å². The van der Waals surface area contributed by atoms with Crippen LogP contribution in [0.25, 0.3) is 12.2 Å². The molecule has 2 N–H and O–H groups in total. The van der Waals surface area contributed by atoms with Crippen molar-refractivity contribution in [2.24, 2.45) is 4.99 Å². The van der Waals surface area contributed by atoms with Crippen molar-refractivity contribution in [1.29, 1.82) is 0 Å². The summed E-state index contributed by atoms with van der Waals surface area (Å²) in [6.07, 6.45) is 9.92. The van der Waals surface area contributed by atoms with Crippen molar-refractivity contribution in [3.63, 3.8) is 0 Å². The number of amides is 1. The molecule has 0 bridgehead atoms. The third-order valence-electron chi connectivity index (χ3n) is 5.04. The Bertz CT molecular complexity index is 1290. The fraction of sp³-hybridized carbons (Fsp3) is 0.280. The number of rotatable bonds is 10. The van der Waals surface area contributed by atoms with Crippen molar-refractivity contribution in [1.82, 2.24) is 19.1 Å². The molecule has 35 heavy (non-hydrogen) atoms. The summed E-state index contributed by atoms with van der Waals surface area (Å²) in [4.78, 5) is 25.2. The molecule has 10 heteroatoms. The van der Waals surface area contributed by atoms with Crippen LogP contribution in [-0.4, -0.2) is 48.7 Å². The molecule has 3 rings (SSSR count). The Morgan fingerprint density at radius 3 is 2.83 bits per heavy atom. The molecule has 0 aromatic carbocycles. The van der Waals surface area contributed by atoms with Gasteiger partial charge >= 0.3 is 0 Å². The largest absolute Gasteiger partial charge is 0.389 e. The number of anilines is 1. The minimum Gasteiger partial charge on any atom is -0.389 e. The molecule has 3 aromatic heterocycles. The lowest BCUT2D eigenvalue weighted by molar-refractivity contribution is 0.0609. The second-order valence-electron chi connectivity index (χ2n) is 8.51. The number of hydrogen-bond acceptors (Lipinski definition) is 6. The molecule has 0 spiro atoms. The van der Waals surface area contributed by atoms with Gasteiger partial charge in [0.05, 0.1) is 29.9 Å². The number of aliphatic hydroxyl groups is 1. The summed E-state index contributed by atoms with van der Waals surface area (Å²) in [7, 11) is 1.37. The zero-order valence-electron chi connectivity index (χ0n) is 20.2. The van der Waals surface area contributed by atoms with Crippen LogP contribution in [0.15, 0.2) is 59.3 Å². The number of nitrogens with zero attached hydrogens (tertiary/aromatic N) is 5. The topological polar surface area (TPSA) is 97.3 Å². The Hall–Kier alpha value is -3.63. The Balaban J connectivity index is 1.67. The van der Waals surface area contributed by atoms with Gasteiger partial charge in [0.2, 0.25) is 5.97 Å². The van der Waals surface area contributed by atoms with Gasteiger partial charge in [-0.1, -0.05) is 12.7 Å². The Morgan fingerprint density at radius 1 is 1.37 bits per heavy atom. The predicted molar refractivity (Wildman–Crippen MR) is 139 cm³/mol. The summed E-state index contributed by atoms with van der Waals surface area (Å²) in [6, 6.07) is 3.43. The number of thiazole rings is 1. The first-order chi connectivity index (χ1) is 16.6. The zero-order valence-corrected chi connectivity index (χ0v) is 21.0. The predicted octanol–water partition coefficient (Wildman–Crippen LogP) is 4.75. The van der Waals surface area contributed by atoms with E-state index in [2.05, 4.69) is 26.9 Å². The van der Waals surface area contributed by atoms with Crippen molar-refractivity contribution in [3.05, 3.63) is 77.1 Å². The number of carbonyl (C=O) groups is 1. The van der Waals surface area contributed by atoms with Gasteiger partial charge in [0.1, 0.15) is 5.69 Å². The van der Waals surface area contributed by atoms with E-state index < -0.39 is 11.6 Å². The van der Waals surface area contributed by atoms with Crippen molar-refractivity contribution < 1.29 is 14.3 Å². The number of aliphatic imine (C=N–C) groups is 1. The van der Waals surface area contributed by atoms with Crippen LogP contribution in [0.2, 0.25) is 0 Å². The lowest BCUT2D eigenvalue weighted by Crippen LogP contribution is -2.26. The molecule has 0 fully saturated rings. The quantitative estimate of drug-likeness (QED) is 0.313. The Kier molecular flexibility index (Phi) is 8.31. The molecule has 1 amide bonds. The highest BCUT2D eigenvalue weighted by Crippen LogP contribution is 2.20. The summed E-state index contributed by atoms with van der Waals surface area (Å²) in [5.74, 6) is -0.935. The monoisotopic (exact) mass is 496 g/mol. The van der Waals surface area contributed by atoms with E-state index in [1.165, 1.54) is 30.5 Å². The molecule has 3 heterocycles. The van der Waals surface area contributed by atoms with Crippen LogP contribution >= 0.6 is 11.3 Å². The van der Waals surface area contributed by atoms with E-state index in [1.807, 2.05) is 29.0 Å². The first-order valence-electron chi connectivity index (χ1n) is 10.9. The molecule has 0 unspecified atom stereocenters. The maximum Gasteiger partial charge on any atom is 0.274 e. The van der Waals surface area contributed by atoms with Crippen molar-refractivity contribution >= 4 is 40.5 Å². The van der Waals surface area contributed by atoms with Gasteiger partial charge in [0, 0.05) is 30.9 Å². The van der Waals surface area contributed by atoms with Gasteiger partial charge in [0.25, 0.3) is 5.91 Å². The zero-order chi connectivity index (χ0) is 25.6. The van der Waals surface area contributed by atoms with Gasteiger partial charge in [0.15, 0.2) is 5.13 Å². The molecular formula is C25H29FN6O2S. The van der Waals surface area contributed by atoms with Crippen LogP contribution in [0.3, 0.4) is 0 Å². The van der Waals surface area contributed by atoms with Crippen LogP contribution in [0.4, 0.5) is 9.52 Å².